The number of aromatic amines is 1. The average Bonchev–Trinajstić information content (AvgIpc) is 2.68. The van der Waals surface area contributed by atoms with Crippen LogP contribution in [-0.4, -0.2) is 21.2 Å². The molecule has 72 valence electrons. The molecule has 2 heterocycles. The lowest BCUT2D eigenvalue weighted by molar-refractivity contribution is 1.18. The summed E-state index contributed by atoms with van der Waals surface area (Å²) >= 11 is 0. The van der Waals surface area contributed by atoms with Gasteiger partial charge in [0, 0.05) is 31.0 Å². The van der Waals surface area contributed by atoms with Crippen LogP contribution in [0, 0.1) is 5.41 Å². The Bertz CT molecular complexity index is 502. The van der Waals surface area contributed by atoms with Crippen LogP contribution in [0.4, 0.5) is 0 Å². The zero-order chi connectivity index (χ0) is 9.97. The number of nitrogens with two attached hydrogens (primary N) is 1. The fraction of sp³-hybridized carbons (Fsp3) is 0. The van der Waals surface area contributed by atoms with Crippen LogP contribution in [0.15, 0.2) is 24.8 Å². The molecule has 0 aromatic carbocycles. The maximum absolute atomic E-state index is 7.18. The van der Waals surface area contributed by atoms with Crippen LogP contribution in [0.3, 0.4) is 0 Å². The van der Waals surface area contributed by atoms with Crippen molar-refractivity contribution in [1.82, 2.24) is 15.0 Å². The summed E-state index contributed by atoms with van der Waals surface area (Å²) in [7, 11) is 0. The predicted octanol–water partition coefficient (Wildman–Crippen LogP) is 1.15. The van der Waals surface area contributed by atoms with Gasteiger partial charge in [0.05, 0.1) is 5.69 Å². The molecule has 0 amide bonds. The summed E-state index contributed by atoms with van der Waals surface area (Å²) in [6.45, 7) is 0. The Morgan fingerprint density at radius 2 is 2.43 bits per heavy atom. The van der Waals surface area contributed by atoms with E-state index >= 15 is 0 Å². The molecular formula is C9H11N5. The SMILES string of the molecule is N=C/C(=C\N)c1ncnc2[nH]ccc12.[HH]. The van der Waals surface area contributed by atoms with Crippen molar-refractivity contribution in [1.29, 1.82) is 5.41 Å². The number of nitrogens with zero attached hydrogens (tertiary/aromatic N) is 2. The van der Waals surface area contributed by atoms with Gasteiger partial charge in [-0.25, -0.2) is 9.97 Å². The van der Waals surface area contributed by atoms with Crippen molar-refractivity contribution in [3.05, 3.63) is 30.5 Å². The molecule has 2 rings (SSSR count). The van der Waals surface area contributed by atoms with Crippen LogP contribution >= 0.6 is 0 Å². The molecule has 0 saturated carbocycles. The first kappa shape index (κ1) is 8.43. The zero-order valence-electron chi connectivity index (χ0n) is 7.36. The van der Waals surface area contributed by atoms with E-state index in [9.17, 15) is 0 Å². The summed E-state index contributed by atoms with van der Waals surface area (Å²) in [5.74, 6) is 0. The monoisotopic (exact) mass is 189 g/mol. The molecule has 4 N–H and O–H groups in total. The summed E-state index contributed by atoms with van der Waals surface area (Å²) < 4.78 is 0. The third-order valence-electron chi connectivity index (χ3n) is 1.96. The van der Waals surface area contributed by atoms with Gasteiger partial charge < -0.3 is 16.1 Å². The van der Waals surface area contributed by atoms with Gasteiger partial charge in [0.15, 0.2) is 0 Å². The first-order valence-corrected chi connectivity index (χ1v) is 4.07. The van der Waals surface area contributed by atoms with Crippen molar-refractivity contribution >= 4 is 22.8 Å². The molecule has 0 atom stereocenters. The molecule has 0 aliphatic rings. The number of H-pyrrole nitrogens is 1. The summed E-state index contributed by atoms with van der Waals surface area (Å²) in [5.41, 5.74) is 7.39. The van der Waals surface area contributed by atoms with Crippen LogP contribution in [0.5, 0.6) is 0 Å². The van der Waals surface area contributed by atoms with Crippen LogP contribution in [0.25, 0.3) is 16.6 Å². The molecule has 0 fully saturated rings. The fourth-order valence-electron chi connectivity index (χ4n) is 1.30. The molecule has 0 bridgehead atoms. The zero-order valence-corrected chi connectivity index (χ0v) is 7.36. The summed E-state index contributed by atoms with van der Waals surface area (Å²) in [6.07, 6.45) is 5.76. The number of allylic oxidation sites excluding steroid dienone is 1. The maximum Gasteiger partial charge on any atom is 0.141 e. The van der Waals surface area contributed by atoms with Gasteiger partial charge in [0.25, 0.3) is 0 Å². The number of nitrogens with one attached hydrogen (secondary N) is 2. The Morgan fingerprint density at radius 1 is 1.57 bits per heavy atom. The minimum absolute atomic E-state index is 0. The van der Waals surface area contributed by atoms with E-state index in [0.717, 1.165) is 11.0 Å². The molecule has 0 radical (unpaired) electrons. The van der Waals surface area contributed by atoms with Gasteiger partial charge in [-0.3, -0.25) is 0 Å². The predicted molar refractivity (Wildman–Crippen MR) is 57.0 cm³/mol. The first-order chi connectivity index (χ1) is 6.86. The highest BCUT2D eigenvalue weighted by atomic mass is 14.9. The van der Waals surface area contributed by atoms with E-state index in [2.05, 4.69) is 15.0 Å². The van der Waals surface area contributed by atoms with E-state index in [4.69, 9.17) is 11.1 Å². The van der Waals surface area contributed by atoms with Crippen molar-refractivity contribution in [3.8, 4) is 0 Å². The van der Waals surface area contributed by atoms with Crippen molar-refractivity contribution in [2.24, 2.45) is 5.73 Å². The van der Waals surface area contributed by atoms with Gasteiger partial charge in [-0.15, -0.1) is 0 Å². The standard InChI is InChI=1S/C9H9N5.H2/c10-3-6(4-11)8-7-1-2-12-9(7)14-5-13-8;/h1-5,10H,11H2,(H,12,13,14);1H/b6-4+,10-3?;. The highest BCUT2D eigenvalue weighted by molar-refractivity contribution is 6.11. The van der Waals surface area contributed by atoms with Crippen LogP contribution in [-0.2, 0) is 0 Å². The van der Waals surface area contributed by atoms with E-state index in [1.807, 2.05) is 6.07 Å². The Balaban J connectivity index is 0.00000112. The number of fused-ring (bicyclic) bond motifs is 1. The Morgan fingerprint density at radius 3 is 3.14 bits per heavy atom. The number of rotatable bonds is 2. The van der Waals surface area contributed by atoms with Gasteiger partial charge in [-0.2, -0.15) is 0 Å². The molecular weight excluding hydrogens is 178 g/mol. The lowest BCUT2D eigenvalue weighted by Gasteiger charge is -1.99. The third kappa shape index (κ3) is 1.15. The normalized spacial score (nSPS) is 11.9. The first-order valence-electron chi connectivity index (χ1n) is 4.07. The van der Waals surface area contributed by atoms with Crippen LogP contribution in [0.2, 0.25) is 0 Å². The molecule has 5 heteroatoms. The highest BCUT2D eigenvalue weighted by Crippen LogP contribution is 2.18. The fourth-order valence-corrected chi connectivity index (χ4v) is 1.30. The van der Waals surface area contributed by atoms with Gasteiger partial charge in [0.1, 0.15) is 12.0 Å². The van der Waals surface area contributed by atoms with E-state index in [1.165, 1.54) is 18.7 Å². The van der Waals surface area contributed by atoms with E-state index < -0.39 is 0 Å². The quantitative estimate of drug-likeness (QED) is 0.619. The molecule has 0 spiro atoms. The number of aromatic nitrogens is 3. The van der Waals surface area contributed by atoms with Gasteiger partial charge in [0.2, 0.25) is 0 Å². The van der Waals surface area contributed by atoms with Crippen molar-refractivity contribution in [3.63, 3.8) is 0 Å². The lowest BCUT2D eigenvalue weighted by Crippen LogP contribution is -1.95. The molecule has 0 saturated heterocycles. The average molecular weight is 189 g/mol. The minimum Gasteiger partial charge on any atom is -0.404 e. The van der Waals surface area contributed by atoms with Gasteiger partial charge >= 0.3 is 0 Å². The van der Waals surface area contributed by atoms with Crippen molar-refractivity contribution in [2.75, 3.05) is 0 Å². The summed E-state index contributed by atoms with van der Waals surface area (Å²) in [6, 6.07) is 1.86. The second kappa shape index (κ2) is 3.29. The molecule has 14 heavy (non-hydrogen) atoms. The lowest BCUT2D eigenvalue weighted by atomic mass is 10.1. The van der Waals surface area contributed by atoms with E-state index in [-0.39, 0.29) is 1.43 Å². The molecule has 0 aliphatic heterocycles. The Kier molecular flexibility index (Phi) is 1.98. The maximum atomic E-state index is 7.18. The van der Waals surface area contributed by atoms with E-state index in [0.29, 0.717) is 11.3 Å². The molecule has 5 nitrogen and oxygen atoms in total. The largest absolute Gasteiger partial charge is 0.404 e. The van der Waals surface area contributed by atoms with Crippen molar-refractivity contribution in [2.45, 2.75) is 0 Å². The summed E-state index contributed by atoms with van der Waals surface area (Å²) in [5, 5.41) is 8.05. The third-order valence-corrected chi connectivity index (χ3v) is 1.96. The van der Waals surface area contributed by atoms with Crippen LogP contribution in [0.1, 0.15) is 7.12 Å². The summed E-state index contributed by atoms with van der Waals surface area (Å²) in [4.78, 5) is 11.1. The highest BCUT2D eigenvalue weighted by Gasteiger charge is 2.06. The molecule has 0 unspecified atom stereocenters. The Labute approximate surface area is 81.7 Å². The topological polar surface area (TPSA) is 91.4 Å². The van der Waals surface area contributed by atoms with Crippen LogP contribution < -0.4 is 5.73 Å². The van der Waals surface area contributed by atoms with Gasteiger partial charge in [-0.05, 0) is 6.07 Å². The molecule has 0 aliphatic carbocycles. The molecule has 2 aromatic rings. The number of hydrogen-bond donors (Lipinski definition) is 3. The second-order valence-electron chi connectivity index (χ2n) is 2.73. The molecule has 2 aromatic heterocycles. The van der Waals surface area contributed by atoms with Crippen molar-refractivity contribution < 1.29 is 1.43 Å². The van der Waals surface area contributed by atoms with Gasteiger partial charge in [-0.1, -0.05) is 0 Å². The number of hydrogen-bond acceptors (Lipinski definition) is 4. The smallest absolute Gasteiger partial charge is 0.141 e. The van der Waals surface area contributed by atoms with E-state index in [1.54, 1.807) is 6.20 Å². The second-order valence-corrected chi connectivity index (χ2v) is 2.73. The minimum atomic E-state index is 0. The Hall–Kier alpha value is -2.17.